The van der Waals surface area contributed by atoms with Crippen molar-refractivity contribution >= 4 is 20.6 Å². The Bertz CT molecular complexity index is 278. The van der Waals surface area contributed by atoms with Crippen LogP contribution in [-0.4, -0.2) is 34.6 Å². The summed E-state index contributed by atoms with van der Waals surface area (Å²) in [5.74, 6) is 0.646. The molecule has 0 heterocycles. The Labute approximate surface area is 89.7 Å². The maximum Gasteiger partial charge on any atom is 0.152 e. The van der Waals surface area contributed by atoms with Gasteiger partial charge in [0.1, 0.15) is 0 Å². The summed E-state index contributed by atoms with van der Waals surface area (Å²) in [5.41, 5.74) is 0. The second-order valence-corrected chi connectivity index (χ2v) is 8.69. The van der Waals surface area contributed by atoms with Gasteiger partial charge in [-0.3, -0.25) is 4.21 Å². The van der Waals surface area contributed by atoms with E-state index >= 15 is 0 Å². The predicted octanol–water partition coefficient (Wildman–Crippen LogP) is 1.36. The minimum absolute atomic E-state index is 0.122. The van der Waals surface area contributed by atoms with E-state index in [0.29, 0.717) is 12.2 Å². The van der Waals surface area contributed by atoms with Crippen LogP contribution in [-0.2, 0) is 20.6 Å². The monoisotopic (exact) mass is 240 g/mol. The van der Waals surface area contributed by atoms with E-state index in [1.807, 2.05) is 13.8 Å². The smallest absolute Gasteiger partial charge is 0.152 e. The molecule has 86 valence electrons. The van der Waals surface area contributed by atoms with Crippen molar-refractivity contribution in [2.24, 2.45) is 0 Å². The summed E-state index contributed by atoms with van der Waals surface area (Å²) in [4.78, 5) is 0. The maximum atomic E-state index is 11.4. The molecule has 0 spiro atoms. The lowest BCUT2D eigenvalue weighted by atomic mass is 10.5. The third kappa shape index (κ3) is 5.10. The van der Waals surface area contributed by atoms with Crippen LogP contribution in [0.5, 0.6) is 0 Å². The Hall–Kier alpha value is 0.1000. The normalized spacial score (nSPS) is 15.0. The van der Waals surface area contributed by atoms with Gasteiger partial charge in [-0.1, -0.05) is 13.8 Å². The van der Waals surface area contributed by atoms with Crippen LogP contribution in [0, 0.1) is 0 Å². The van der Waals surface area contributed by atoms with Gasteiger partial charge in [-0.2, -0.15) is 0 Å². The van der Waals surface area contributed by atoms with Gasteiger partial charge in [0.15, 0.2) is 9.84 Å². The fourth-order valence-corrected chi connectivity index (χ4v) is 2.97. The van der Waals surface area contributed by atoms with Gasteiger partial charge in [-0.05, 0) is 20.3 Å². The molecule has 0 bridgehead atoms. The summed E-state index contributed by atoms with van der Waals surface area (Å²) >= 11 is 0. The van der Waals surface area contributed by atoms with Crippen molar-refractivity contribution < 1.29 is 12.6 Å². The Morgan fingerprint density at radius 3 is 2.00 bits per heavy atom. The molecule has 14 heavy (non-hydrogen) atoms. The fourth-order valence-electron chi connectivity index (χ4n) is 0.874. The van der Waals surface area contributed by atoms with Crippen LogP contribution >= 0.6 is 0 Å². The van der Waals surface area contributed by atoms with Crippen LogP contribution in [0.15, 0.2) is 0 Å². The summed E-state index contributed by atoms with van der Waals surface area (Å²) < 4.78 is 34.1. The highest BCUT2D eigenvalue weighted by molar-refractivity contribution is 7.92. The molecule has 0 aromatic carbocycles. The van der Waals surface area contributed by atoms with Crippen molar-refractivity contribution in [2.75, 3.05) is 11.5 Å². The zero-order chi connectivity index (χ0) is 11.4. The number of hydrogen-bond acceptors (Lipinski definition) is 3. The first-order chi connectivity index (χ1) is 6.27. The molecule has 0 aromatic rings. The summed E-state index contributed by atoms with van der Waals surface area (Å²) in [7, 11) is -3.84. The molecule has 0 radical (unpaired) electrons. The fraction of sp³-hybridized carbons (Fsp3) is 1.00. The third-order valence-corrected chi connectivity index (χ3v) is 6.06. The van der Waals surface area contributed by atoms with Crippen LogP contribution in [0.1, 0.15) is 34.1 Å². The van der Waals surface area contributed by atoms with E-state index in [1.165, 1.54) is 0 Å². The second-order valence-electron chi connectivity index (χ2n) is 3.90. The van der Waals surface area contributed by atoms with E-state index in [4.69, 9.17) is 0 Å². The first-order valence-electron chi connectivity index (χ1n) is 4.86. The largest absolute Gasteiger partial charge is 0.259 e. The van der Waals surface area contributed by atoms with E-state index in [-0.39, 0.29) is 16.3 Å². The average Bonchev–Trinajstić information content (AvgIpc) is 2.03. The molecule has 3 nitrogen and oxygen atoms in total. The lowest BCUT2D eigenvalue weighted by Gasteiger charge is -2.08. The molecule has 0 aliphatic heterocycles. The number of hydrogen-bond donors (Lipinski definition) is 0. The summed E-state index contributed by atoms with van der Waals surface area (Å²) in [6, 6.07) is 0. The minimum Gasteiger partial charge on any atom is -0.259 e. The lowest BCUT2D eigenvalue weighted by Crippen LogP contribution is -2.20. The Morgan fingerprint density at radius 2 is 1.64 bits per heavy atom. The van der Waals surface area contributed by atoms with Crippen molar-refractivity contribution in [3.8, 4) is 0 Å². The molecule has 1 unspecified atom stereocenters. The van der Waals surface area contributed by atoms with Crippen molar-refractivity contribution in [3.63, 3.8) is 0 Å². The van der Waals surface area contributed by atoms with Gasteiger partial charge < -0.3 is 0 Å². The van der Waals surface area contributed by atoms with Gasteiger partial charge in [-0.15, -0.1) is 0 Å². The summed E-state index contributed by atoms with van der Waals surface area (Å²) in [5, 5.41) is -0.202. The quantitative estimate of drug-likeness (QED) is 0.704. The van der Waals surface area contributed by atoms with Crippen LogP contribution in [0.4, 0.5) is 0 Å². The summed E-state index contributed by atoms with van der Waals surface area (Å²) in [6.07, 6.45) is 0.505. The molecule has 0 N–H and O–H groups in total. The van der Waals surface area contributed by atoms with Crippen LogP contribution in [0.25, 0.3) is 0 Å². The van der Waals surface area contributed by atoms with Crippen LogP contribution < -0.4 is 0 Å². The number of sulfone groups is 1. The molecule has 0 aliphatic rings. The summed E-state index contributed by atoms with van der Waals surface area (Å²) in [6.45, 7) is 7.11. The minimum atomic E-state index is -2.95. The first-order valence-corrected chi connectivity index (χ1v) is 7.96. The van der Waals surface area contributed by atoms with Gasteiger partial charge >= 0.3 is 0 Å². The SMILES string of the molecule is CC(C)S(=O)CCCS(=O)(=O)C(C)C. The van der Waals surface area contributed by atoms with E-state index < -0.39 is 20.6 Å². The van der Waals surface area contributed by atoms with Crippen LogP contribution in [0.3, 0.4) is 0 Å². The average molecular weight is 240 g/mol. The zero-order valence-electron chi connectivity index (χ0n) is 9.32. The predicted molar refractivity (Wildman–Crippen MR) is 61.7 cm³/mol. The maximum absolute atomic E-state index is 11.4. The molecule has 5 heteroatoms. The topological polar surface area (TPSA) is 51.2 Å². The third-order valence-electron chi connectivity index (χ3n) is 2.02. The molecule has 0 fully saturated rings. The van der Waals surface area contributed by atoms with Gasteiger partial charge in [0, 0.05) is 21.8 Å². The standard InChI is InChI=1S/C9H20O3S2/c1-8(2)13(10)6-5-7-14(11,12)9(3)4/h8-9H,5-7H2,1-4H3. The van der Waals surface area contributed by atoms with E-state index in [0.717, 1.165) is 0 Å². The van der Waals surface area contributed by atoms with Gasteiger partial charge in [-0.25, -0.2) is 8.42 Å². The van der Waals surface area contributed by atoms with E-state index in [1.54, 1.807) is 13.8 Å². The molecular weight excluding hydrogens is 220 g/mol. The molecular formula is C9H20O3S2. The molecule has 1 atom stereocenters. The van der Waals surface area contributed by atoms with Gasteiger partial charge in [0.25, 0.3) is 0 Å². The van der Waals surface area contributed by atoms with E-state index in [9.17, 15) is 12.6 Å². The lowest BCUT2D eigenvalue weighted by molar-refractivity contribution is 0.586. The van der Waals surface area contributed by atoms with Crippen molar-refractivity contribution in [1.82, 2.24) is 0 Å². The Balaban J connectivity index is 3.93. The van der Waals surface area contributed by atoms with Crippen molar-refractivity contribution in [1.29, 1.82) is 0 Å². The molecule has 0 rings (SSSR count). The highest BCUT2D eigenvalue weighted by Gasteiger charge is 2.16. The first kappa shape index (κ1) is 14.1. The molecule has 0 aliphatic carbocycles. The zero-order valence-corrected chi connectivity index (χ0v) is 11.0. The molecule has 0 saturated carbocycles. The molecule has 0 aromatic heterocycles. The molecule has 0 amide bonds. The molecule has 0 saturated heterocycles. The van der Waals surface area contributed by atoms with E-state index in [2.05, 4.69) is 0 Å². The Kier molecular flexibility index (Phi) is 5.90. The highest BCUT2D eigenvalue weighted by atomic mass is 32.2. The number of rotatable bonds is 6. The van der Waals surface area contributed by atoms with Crippen molar-refractivity contribution in [2.45, 2.75) is 44.6 Å². The van der Waals surface area contributed by atoms with Gasteiger partial charge in [0.05, 0.1) is 11.0 Å². The second kappa shape index (κ2) is 5.85. The van der Waals surface area contributed by atoms with Crippen LogP contribution in [0.2, 0.25) is 0 Å². The van der Waals surface area contributed by atoms with Gasteiger partial charge in [0.2, 0.25) is 0 Å². The highest BCUT2D eigenvalue weighted by Crippen LogP contribution is 2.04. The van der Waals surface area contributed by atoms with Crippen molar-refractivity contribution in [3.05, 3.63) is 0 Å². The Morgan fingerprint density at radius 1 is 1.14 bits per heavy atom.